The molecule has 2 aromatic heterocycles. The van der Waals surface area contributed by atoms with Crippen LogP contribution in [-0.4, -0.2) is 60.5 Å². The van der Waals surface area contributed by atoms with E-state index in [0.717, 1.165) is 30.0 Å². The van der Waals surface area contributed by atoms with Crippen LogP contribution in [0.4, 0.5) is 0 Å². The zero-order chi connectivity index (χ0) is 16.1. The van der Waals surface area contributed by atoms with Gasteiger partial charge >= 0.3 is 5.69 Å². The third-order valence-electron chi connectivity index (χ3n) is 4.51. The Morgan fingerprint density at radius 2 is 2.09 bits per heavy atom. The van der Waals surface area contributed by atoms with Crippen LogP contribution >= 0.6 is 11.8 Å². The third-order valence-corrected chi connectivity index (χ3v) is 5.76. The number of rotatable bonds is 4. The quantitative estimate of drug-likeness (QED) is 0.681. The smallest absolute Gasteiger partial charge is 0.332 e. The van der Waals surface area contributed by atoms with Crippen LogP contribution in [0.2, 0.25) is 0 Å². The number of aryl methyl sites for hydroxylation is 1. The van der Waals surface area contributed by atoms with Gasteiger partial charge in [0.15, 0.2) is 11.2 Å². The highest BCUT2D eigenvalue weighted by molar-refractivity contribution is 8.00. The Hall–Kier alpha value is -1.58. The lowest BCUT2D eigenvalue weighted by Gasteiger charge is -2.23. The number of thioether (sulfide) groups is 1. The van der Waals surface area contributed by atoms with E-state index >= 15 is 0 Å². The summed E-state index contributed by atoms with van der Waals surface area (Å²) in [7, 11) is 3.14. The molecule has 23 heavy (non-hydrogen) atoms. The average molecular weight is 337 g/mol. The average Bonchev–Trinajstić information content (AvgIpc) is 3.09. The minimum Gasteiger partial charge on any atom is -0.372 e. The molecule has 124 valence electrons. The van der Waals surface area contributed by atoms with Crippen molar-refractivity contribution in [3.05, 3.63) is 27.2 Å². The SMILES string of the molecule is Cn1c(=O)c2c(ncn2CC2SCCN2CC2CO2)n(C)c1=O. The van der Waals surface area contributed by atoms with Crippen LogP contribution in [0.15, 0.2) is 15.9 Å². The highest BCUT2D eigenvalue weighted by Crippen LogP contribution is 2.27. The Labute approximate surface area is 136 Å². The Kier molecular flexibility index (Phi) is 3.58. The lowest BCUT2D eigenvalue weighted by molar-refractivity contribution is 0.239. The molecule has 2 unspecified atom stereocenters. The van der Waals surface area contributed by atoms with Crippen LogP contribution in [0.25, 0.3) is 11.2 Å². The van der Waals surface area contributed by atoms with Gasteiger partial charge in [0.1, 0.15) is 0 Å². The van der Waals surface area contributed by atoms with E-state index in [4.69, 9.17) is 4.74 Å². The second-order valence-electron chi connectivity index (χ2n) is 6.05. The molecule has 2 atom stereocenters. The van der Waals surface area contributed by atoms with Crippen molar-refractivity contribution in [2.45, 2.75) is 18.0 Å². The highest BCUT2D eigenvalue weighted by Gasteiger charge is 2.33. The molecule has 2 aliphatic rings. The van der Waals surface area contributed by atoms with E-state index in [1.54, 1.807) is 13.4 Å². The van der Waals surface area contributed by atoms with Crippen LogP contribution in [0.1, 0.15) is 0 Å². The first-order chi connectivity index (χ1) is 11.1. The Bertz CT molecular complexity index is 866. The van der Waals surface area contributed by atoms with Crippen LogP contribution in [0.5, 0.6) is 0 Å². The number of fused-ring (bicyclic) bond motifs is 1. The molecule has 2 aliphatic heterocycles. The van der Waals surface area contributed by atoms with Crippen LogP contribution in [0.3, 0.4) is 0 Å². The largest absolute Gasteiger partial charge is 0.372 e. The van der Waals surface area contributed by atoms with Gasteiger partial charge in [-0.25, -0.2) is 9.78 Å². The van der Waals surface area contributed by atoms with E-state index in [-0.39, 0.29) is 11.2 Å². The van der Waals surface area contributed by atoms with Gasteiger partial charge in [-0.1, -0.05) is 0 Å². The molecule has 8 nitrogen and oxygen atoms in total. The van der Waals surface area contributed by atoms with E-state index in [0.29, 0.717) is 29.2 Å². The van der Waals surface area contributed by atoms with E-state index < -0.39 is 0 Å². The predicted octanol–water partition coefficient (Wildman–Crippen LogP) is -0.793. The number of imidazole rings is 1. The van der Waals surface area contributed by atoms with Gasteiger partial charge in [-0.3, -0.25) is 18.8 Å². The van der Waals surface area contributed by atoms with Crippen molar-refractivity contribution < 1.29 is 4.74 Å². The zero-order valence-electron chi connectivity index (χ0n) is 13.1. The maximum absolute atomic E-state index is 12.5. The molecule has 0 spiro atoms. The van der Waals surface area contributed by atoms with Crippen molar-refractivity contribution in [2.24, 2.45) is 14.1 Å². The Balaban J connectivity index is 1.69. The second-order valence-corrected chi connectivity index (χ2v) is 7.34. The molecule has 4 heterocycles. The fourth-order valence-electron chi connectivity index (χ4n) is 3.07. The number of epoxide rings is 1. The van der Waals surface area contributed by atoms with Crippen molar-refractivity contribution in [1.82, 2.24) is 23.6 Å². The van der Waals surface area contributed by atoms with Crippen molar-refractivity contribution in [2.75, 3.05) is 25.4 Å². The maximum atomic E-state index is 12.5. The first kappa shape index (κ1) is 15.0. The molecule has 0 amide bonds. The summed E-state index contributed by atoms with van der Waals surface area (Å²) in [5, 5.41) is 0.304. The normalized spacial score (nSPS) is 24.6. The van der Waals surface area contributed by atoms with Gasteiger partial charge in [-0.15, -0.1) is 11.8 Å². The molecule has 2 aromatic rings. The third kappa shape index (κ3) is 2.52. The van der Waals surface area contributed by atoms with Crippen LogP contribution in [-0.2, 0) is 25.4 Å². The maximum Gasteiger partial charge on any atom is 0.332 e. The molecular weight excluding hydrogens is 318 g/mol. The van der Waals surface area contributed by atoms with Gasteiger partial charge in [-0.05, 0) is 0 Å². The van der Waals surface area contributed by atoms with Gasteiger partial charge in [0.25, 0.3) is 5.56 Å². The Morgan fingerprint density at radius 3 is 2.83 bits per heavy atom. The van der Waals surface area contributed by atoms with Crippen molar-refractivity contribution in [1.29, 1.82) is 0 Å². The van der Waals surface area contributed by atoms with Gasteiger partial charge in [0, 0.05) is 39.5 Å². The molecule has 0 N–H and O–H groups in total. The summed E-state index contributed by atoms with van der Waals surface area (Å²) in [4.78, 5) is 31.1. The van der Waals surface area contributed by atoms with E-state index in [9.17, 15) is 9.59 Å². The summed E-state index contributed by atoms with van der Waals surface area (Å²) < 4.78 is 9.76. The predicted molar refractivity (Wildman–Crippen MR) is 87.8 cm³/mol. The minimum absolute atomic E-state index is 0.291. The molecule has 2 saturated heterocycles. The van der Waals surface area contributed by atoms with E-state index in [1.807, 2.05) is 16.3 Å². The highest BCUT2D eigenvalue weighted by atomic mass is 32.2. The molecule has 0 radical (unpaired) electrons. The van der Waals surface area contributed by atoms with E-state index in [2.05, 4.69) is 9.88 Å². The monoisotopic (exact) mass is 337 g/mol. The lowest BCUT2D eigenvalue weighted by Crippen LogP contribution is -2.38. The van der Waals surface area contributed by atoms with Gasteiger partial charge in [0.05, 0.1) is 24.4 Å². The fraction of sp³-hybridized carbons (Fsp3) is 0.643. The molecule has 0 saturated carbocycles. The second kappa shape index (κ2) is 5.50. The molecule has 0 aliphatic carbocycles. The standard InChI is InChI=1S/C14H19N5O3S/c1-16-12-11(13(20)17(2)14(16)21)19(8-15-12)6-10-18(3-4-23-10)5-9-7-22-9/h8-10H,3-7H2,1-2H3. The summed E-state index contributed by atoms with van der Waals surface area (Å²) in [6, 6.07) is 0. The zero-order valence-corrected chi connectivity index (χ0v) is 14.0. The Morgan fingerprint density at radius 1 is 1.30 bits per heavy atom. The summed E-state index contributed by atoms with van der Waals surface area (Å²) >= 11 is 1.89. The number of nitrogens with zero attached hydrogens (tertiary/aromatic N) is 5. The molecule has 9 heteroatoms. The molecule has 0 bridgehead atoms. The number of ether oxygens (including phenoxy) is 1. The topological polar surface area (TPSA) is 77.6 Å². The molecule has 4 rings (SSSR count). The molecular formula is C14H19N5O3S. The molecule has 2 fully saturated rings. The summed E-state index contributed by atoms with van der Waals surface area (Å²) in [5.74, 6) is 1.08. The number of hydrogen-bond donors (Lipinski definition) is 0. The number of aromatic nitrogens is 4. The minimum atomic E-state index is -0.351. The summed E-state index contributed by atoms with van der Waals surface area (Å²) in [5.41, 5.74) is 0.291. The van der Waals surface area contributed by atoms with E-state index in [1.165, 1.54) is 11.6 Å². The fourth-order valence-corrected chi connectivity index (χ4v) is 4.35. The van der Waals surface area contributed by atoms with Crippen LogP contribution < -0.4 is 11.2 Å². The van der Waals surface area contributed by atoms with Gasteiger partial charge in [-0.2, -0.15) is 0 Å². The van der Waals surface area contributed by atoms with Crippen molar-refractivity contribution >= 4 is 22.9 Å². The summed E-state index contributed by atoms with van der Waals surface area (Å²) in [6.07, 6.45) is 2.03. The van der Waals surface area contributed by atoms with Gasteiger partial charge in [0.2, 0.25) is 0 Å². The van der Waals surface area contributed by atoms with Crippen molar-refractivity contribution in [3.8, 4) is 0 Å². The first-order valence-corrected chi connectivity index (χ1v) is 8.69. The number of hydrogen-bond acceptors (Lipinski definition) is 6. The lowest BCUT2D eigenvalue weighted by atomic mass is 10.4. The first-order valence-electron chi connectivity index (χ1n) is 7.64. The summed E-state index contributed by atoms with van der Waals surface area (Å²) in [6.45, 7) is 3.52. The molecule has 0 aromatic carbocycles. The van der Waals surface area contributed by atoms with Crippen molar-refractivity contribution in [3.63, 3.8) is 0 Å². The van der Waals surface area contributed by atoms with Crippen LogP contribution in [0, 0.1) is 0 Å². The van der Waals surface area contributed by atoms with Gasteiger partial charge < -0.3 is 9.30 Å².